The predicted molar refractivity (Wildman–Crippen MR) is 110 cm³/mol. The number of hydrogen-bond acceptors (Lipinski definition) is 1. The van der Waals surface area contributed by atoms with Crippen LogP contribution in [0.1, 0.15) is 17.7 Å². The van der Waals surface area contributed by atoms with E-state index < -0.39 is 0 Å². The Balaban J connectivity index is 1.60. The van der Waals surface area contributed by atoms with Gasteiger partial charge in [-0.05, 0) is 24.3 Å². The van der Waals surface area contributed by atoms with Crippen molar-refractivity contribution in [1.82, 2.24) is 0 Å². The summed E-state index contributed by atoms with van der Waals surface area (Å²) < 4.78 is 0. The highest BCUT2D eigenvalue weighted by molar-refractivity contribution is 7.09. The van der Waals surface area contributed by atoms with Crippen molar-refractivity contribution in [2.75, 3.05) is 0 Å². The molecule has 1 heterocycles. The largest absolute Gasteiger partial charge is 0.149 e. The Bertz CT molecular complexity index is 624. The minimum Gasteiger partial charge on any atom is -0.149 e. The quantitative estimate of drug-likeness (QED) is 0.547. The van der Waals surface area contributed by atoms with Gasteiger partial charge >= 0.3 is 0 Å². The van der Waals surface area contributed by atoms with Crippen LogP contribution in [0.5, 0.6) is 0 Å². The second-order valence-electron chi connectivity index (χ2n) is 6.22. The van der Waals surface area contributed by atoms with Crippen LogP contribution < -0.4 is 10.4 Å². The second-order valence-corrected chi connectivity index (χ2v) is 13.2. The first-order valence-corrected chi connectivity index (χ1v) is 12.4. The van der Waals surface area contributed by atoms with Crippen LogP contribution in [0.3, 0.4) is 0 Å². The van der Waals surface area contributed by atoms with Gasteiger partial charge in [-0.3, -0.25) is 0 Å². The fourth-order valence-electron chi connectivity index (χ4n) is 3.19. The van der Waals surface area contributed by atoms with Crippen LogP contribution in [-0.4, -0.2) is 19.0 Å². The third kappa shape index (κ3) is 5.61. The van der Waals surface area contributed by atoms with Crippen LogP contribution in [0, 0.1) is 0 Å². The van der Waals surface area contributed by atoms with Crippen molar-refractivity contribution in [2.24, 2.45) is 0 Å². The first-order valence-electron chi connectivity index (χ1n) is 8.50. The lowest BCUT2D eigenvalue weighted by Gasteiger charge is -2.16. The molecule has 0 aliphatic heterocycles. The molecule has 0 amide bonds. The second kappa shape index (κ2) is 9.01. The number of rotatable bonds is 8. The van der Waals surface area contributed by atoms with Gasteiger partial charge in [0.05, 0.1) is 19.0 Å². The molecular weight excluding hydrogens is 328 g/mol. The minimum absolute atomic E-state index is 0.163. The van der Waals surface area contributed by atoms with E-state index in [0.29, 0.717) is 0 Å². The lowest BCUT2D eigenvalue weighted by atomic mass is 10.2. The van der Waals surface area contributed by atoms with E-state index in [9.17, 15) is 0 Å². The highest BCUT2D eigenvalue weighted by Crippen LogP contribution is 2.17. The Morgan fingerprint density at radius 2 is 1.35 bits per heavy atom. The van der Waals surface area contributed by atoms with Crippen LogP contribution in [-0.2, 0) is 6.42 Å². The van der Waals surface area contributed by atoms with Crippen LogP contribution >= 0.6 is 11.3 Å². The molecular formula is C20H24SSi2. The van der Waals surface area contributed by atoms with Crippen LogP contribution in [0.25, 0.3) is 0 Å². The standard InChI is InChI=1S/C20H24SSi2/c1-3-11-18(12-4-1)22-20(23-19-13-5-2-6-14-19)15-7-9-17-10-8-16-21-17/h1-6,8,10-14,16,20H,7,9,15,22-23H2. The van der Waals surface area contributed by atoms with E-state index in [1.165, 1.54) is 19.3 Å². The molecule has 0 aliphatic rings. The van der Waals surface area contributed by atoms with Crippen LogP contribution in [0.4, 0.5) is 0 Å². The average molecular weight is 353 g/mol. The summed E-state index contributed by atoms with van der Waals surface area (Å²) in [6, 6.07) is 26.9. The predicted octanol–water partition coefficient (Wildman–Crippen LogP) is 2.81. The molecule has 118 valence electrons. The van der Waals surface area contributed by atoms with Crippen molar-refractivity contribution >= 4 is 40.7 Å². The normalized spacial score (nSPS) is 13.2. The van der Waals surface area contributed by atoms with Crippen molar-refractivity contribution in [3.63, 3.8) is 0 Å². The molecule has 23 heavy (non-hydrogen) atoms. The molecule has 0 saturated heterocycles. The zero-order chi connectivity index (χ0) is 15.7. The first kappa shape index (κ1) is 16.4. The summed E-state index contributed by atoms with van der Waals surface area (Å²) in [5, 5.41) is 6.47. The smallest absolute Gasteiger partial charge is 0.0550 e. The van der Waals surface area contributed by atoms with Gasteiger partial charge in [0.1, 0.15) is 0 Å². The molecule has 0 saturated carbocycles. The molecule has 3 heteroatoms. The molecule has 2 aromatic carbocycles. The molecule has 3 aromatic rings. The minimum atomic E-state index is -0.163. The van der Waals surface area contributed by atoms with Gasteiger partial charge in [-0.2, -0.15) is 0 Å². The molecule has 0 spiro atoms. The van der Waals surface area contributed by atoms with Crippen molar-refractivity contribution in [3.05, 3.63) is 83.1 Å². The zero-order valence-corrected chi connectivity index (χ0v) is 17.2. The molecule has 0 N–H and O–H groups in total. The fourth-order valence-corrected chi connectivity index (χ4v) is 9.93. The monoisotopic (exact) mass is 352 g/mol. The SMILES string of the molecule is c1ccc([SiH2]C(CCCc2cccs2)[SiH2]c2ccccc2)cc1. The molecule has 3 rings (SSSR count). The van der Waals surface area contributed by atoms with Gasteiger partial charge in [0.15, 0.2) is 0 Å². The van der Waals surface area contributed by atoms with E-state index in [4.69, 9.17) is 0 Å². The maximum atomic E-state index is 2.35. The van der Waals surface area contributed by atoms with Crippen molar-refractivity contribution in [1.29, 1.82) is 0 Å². The summed E-state index contributed by atoms with van der Waals surface area (Å²) in [6.45, 7) is 0. The highest BCUT2D eigenvalue weighted by Gasteiger charge is 2.12. The van der Waals surface area contributed by atoms with E-state index in [-0.39, 0.29) is 19.0 Å². The van der Waals surface area contributed by atoms with Crippen molar-refractivity contribution < 1.29 is 0 Å². The topological polar surface area (TPSA) is 0 Å². The Morgan fingerprint density at radius 1 is 0.739 bits per heavy atom. The van der Waals surface area contributed by atoms with E-state index >= 15 is 0 Å². The Morgan fingerprint density at radius 3 is 1.87 bits per heavy atom. The molecule has 0 unspecified atom stereocenters. The number of thiophene rings is 1. The highest BCUT2D eigenvalue weighted by atomic mass is 32.1. The lowest BCUT2D eigenvalue weighted by Crippen LogP contribution is -2.29. The molecule has 0 atom stereocenters. The maximum Gasteiger partial charge on any atom is 0.0550 e. The van der Waals surface area contributed by atoms with Crippen molar-refractivity contribution in [3.8, 4) is 0 Å². The van der Waals surface area contributed by atoms with Gasteiger partial charge in [-0.15, -0.1) is 11.3 Å². The van der Waals surface area contributed by atoms with Gasteiger partial charge in [-0.1, -0.05) is 88.7 Å². The summed E-state index contributed by atoms with van der Waals surface area (Å²) in [7, 11) is -0.326. The van der Waals surface area contributed by atoms with E-state index in [2.05, 4.69) is 78.2 Å². The number of benzene rings is 2. The van der Waals surface area contributed by atoms with Crippen LogP contribution in [0.2, 0.25) is 5.16 Å². The van der Waals surface area contributed by atoms with Gasteiger partial charge in [0.25, 0.3) is 0 Å². The first-order chi connectivity index (χ1) is 11.4. The summed E-state index contributed by atoms with van der Waals surface area (Å²) in [5.41, 5.74) is 0. The van der Waals surface area contributed by atoms with Crippen molar-refractivity contribution in [2.45, 2.75) is 24.4 Å². The van der Waals surface area contributed by atoms with Gasteiger partial charge < -0.3 is 0 Å². The molecule has 0 bridgehead atoms. The third-order valence-corrected chi connectivity index (χ3v) is 10.9. The molecule has 1 aromatic heterocycles. The average Bonchev–Trinajstić information content (AvgIpc) is 3.10. The zero-order valence-electron chi connectivity index (χ0n) is 13.5. The van der Waals surface area contributed by atoms with E-state index in [1.54, 1.807) is 15.3 Å². The summed E-state index contributed by atoms with van der Waals surface area (Å²) >= 11 is 1.91. The number of aryl methyl sites for hydroxylation is 1. The molecule has 0 fully saturated rings. The van der Waals surface area contributed by atoms with Gasteiger partial charge in [0.2, 0.25) is 0 Å². The Labute approximate surface area is 148 Å². The van der Waals surface area contributed by atoms with Crippen LogP contribution in [0.15, 0.2) is 78.2 Å². The molecule has 0 nitrogen and oxygen atoms in total. The summed E-state index contributed by atoms with van der Waals surface area (Å²) in [6.07, 6.45) is 4.03. The maximum absolute atomic E-state index is 2.35. The summed E-state index contributed by atoms with van der Waals surface area (Å²) in [5.74, 6) is 0. The fraction of sp³-hybridized carbons (Fsp3) is 0.200. The van der Waals surface area contributed by atoms with E-state index in [1.807, 2.05) is 11.3 Å². The molecule has 0 aliphatic carbocycles. The third-order valence-electron chi connectivity index (χ3n) is 4.35. The molecule has 0 radical (unpaired) electrons. The lowest BCUT2D eigenvalue weighted by molar-refractivity contribution is 0.776. The van der Waals surface area contributed by atoms with Gasteiger partial charge in [0, 0.05) is 4.88 Å². The Kier molecular flexibility index (Phi) is 6.44. The number of hydrogen-bond donors (Lipinski definition) is 0. The van der Waals surface area contributed by atoms with E-state index in [0.717, 1.165) is 5.16 Å². The summed E-state index contributed by atoms with van der Waals surface area (Å²) in [4.78, 5) is 1.55. The van der Waals surface area contributed by atoms with Gasteiger partial charge in [-0.25, -0.2) is 0 Å². The Hall–Kier alpha value is -1.43.